The van der Waals surface area contributed by atoms with Crippen molar-refractivity contribution in [1.82, 2.24) is 0 Å². The van der Waals surface area contributed by atoms with Crippen molar-refractivity contribution in [3.8, 4) is 0 Å². The van der Waals surface area contributed by atoms with Crippen molar-refractivity contribution in [3.63, 3.8) is 0 Å². The molecule has 0 spiro atoms. The third-order valence-corrected chi connectivity index (χ3v) is 3.82. The van der Waals surface area contributed by atoms with Gasteiger partial charge in [-0.1, -0.05) is 53.5 Å². The number of hydrogen-bond acceptors (Lipinski definition) is 2. The Morgan fingerprint density at radius 2 is 1.74 bits per heavy atom. The lowest BCUT2D eigenvalue weighted by Crippen LogP contribution is -2.08. The molecule has 19 heavy (non-hydrogen) atoms. The zero-order chi connectivity index (χ0) is 13.4. The van der Waals surface area contributed by atoms with Crippen LogP contribution in [0.3, 0.4) is 0 Å². The number of epoxide rings is 1. The van der Waals surface area contributed by atoms with Crippen LogP contribution in [0, 0.1) is 0 Å². The molecule has 0 N–H and O–H groups in total. The van der Waals surface area contributed by atoms with Gasteiger partial charge in [-0.2, -0.15) is 0 Å². The lowest BCUT2D eigenvalue weighted by Gasteiger charge is -2.00. The van der Waals surface area contributed by atoms with Crippen molar-refractivity contribution in [2.24, 2.45) is 0 Å². The first-order valence-electron chi connectivity index (χ1n) is 5.86. The summed E-state index contributed by atoms with van der Waals surface area (Å²) in [4.78, 5) is 12.2. The zero-order valence-electron chi connectivity index (χ0n) is 9.85. The standard InChI is InChI=1S/C15H10Cl2O2/c16-11-7-6-10(8-12(11)17)13(18)15-14(19-15)9-4-2-1-3-5-9/h1-8,14-15H/t14-,15-/m0/s1. The van der Waals surface area contributed by atoms with Crippen LogP contribution in [0.1, 0.15) is 22.0 Å². The van der Waals surface area contributed by atoms with Crippen LogP contribution >= 0.6 is 23.2 Å². The monoisotopic (exact) mass is 292 g/mol. The normalized spacial score (nSPS) is 21.2. The van der Waals surface area contributed by atoms with Crippen LogP contribution in [-0.2, 0) is 4.74 Å². The van der Waals surface area contributed by atoms with E-state index in [4.69, 9.17) is 27.9 Å². The number of ether oxygens (including phenoxy) is 1. The number of benzene rings is 2. The van der Waals surface area contributed by atoms with Crippen molar-refractivity contribution in [3.05, 3.63) is 69.7 Å². The van der Waals surface area contributed by atoms with E-state index in [0.717, 1.165) is 5.56 Å². The summed E-state index contributed by atoms with van der Waals surface area (Å²) in [6.45, 7) is 0. The van der Waals surface area contributed by atoms with Gasteiger partial charge in [0.2, 0.25) is 0 Å². The van der Waals surface area contributed by atoms with Crippen molar-refractivity contribution in [2.45, 2.75) is 12.2 Å². The Bertz CT molecular complexity index is 625. The maximum Gasteiger partial charge on any atom is 0.194 e. The van der Waals surface area contributed by atoms with Gasteiger partial charge in [0.15, 0.2) is 11.9 Å². The third-order valence-electron chi connectivity index (χ3n) is 3.08. The smallest absolute Gasteiger partial charge is 0.194 e. The Balaban J connectivity index is 1.78. The molecule has 0 bridgehead atoms. The second-order valence-electron chi connectivity index (χ2n) is 4.38. The highest BCUT2D eigenvalue weighted by Crippen LogP contribution is 2.40. The Labute approximate surface area is 120 Å². The molecule has 0 saturated carbocycles. The number of hydrogen-bond donors (Lipinski definition) is 0. The average Bonchev–Trinajstić information content (AvgIpc) is 3.22. The summed E-state index contributed by atoms with van der Waals surface area (Å²) < 4.78 is 5.46. The molecule has 0 unspecified atom stereocenters. The van der Waals surface area contributed by atoms with Crippen LogP contribution in [-0.4, -0.2) is 11.9 Å². The second kappa shape index (κ2) is 4.97. The first kappa shape index (κ1) is 12.7. The third kappa shape index (κ3) is 2.52. The van der Waals surface area contributed by atoms with E-state index < -0.39 is 6.10 Å². The predicted octanol–water partition coefficient (Wildman–Crippen LogP) is 4.32. The highest BCUT2D eigenvalue weighted by Gasteiger charge is 2.46. The highest BCUT2D eigenvalue weighted by atomic mass is 35.5. The summed E-state index contributed by atoms with van der Waals surface area (Å²) in [5.41, 5.74) is 1.54. The summed E-state index contributed by atoms with van der Waals surface area (Å²) in [6.07, 6.45) is -0.567. The van der Waals surface area contributed by atoms with Gasteiger partial charge in [-0.25, -0.2) is 0 Å². The van der Waals surface area contributed by atoms with Crippen LogP contribution in [0.15, 0.2) is 48.5 Å². The lowest BCUT2D eigenvalue weighted by molar-refractivity contribution is 0.0953. The number of ketones is 1. The molecular formula is C15H10Cl2O2. The fraction of sp³-hybridized carbons (Fsp3) is 0.133. The first-order chi connectivity index (χ1) is 9.16. The summed E-state index contributed by atoms with van der Waals surface area (Å²) in [6, 6.07) is 14.6. The van der Waals surface area contributed by atoms with Crippen molar-refractivity contribution in [2.75, 3.05) is 0 Å². The van der Waals surface area contributed by atoms with E-state index in [0.29, 0.717) is 15.6 Å². The largest absolute Gasteiger partial charge is 0.356 e. The number of carbonyl (C=O) groups is 1. The molecule has 1 aliphatic rings. The van der Waals surface area contributed by atoms with Crippen LogP contribution in [0.25, 0.3) is 0 Å². The van der Waals surface area contributed by atoms with Gasteiger partial charge in [-0.15, -0.1) is 0 Å². The SMILES string of the molecule is O=C(c1ccc(Cl)c(Cl)c1)[C@@H]1O[C@H]1c1ccccc1. The van der Waals surface area contributed by atoms with Gasteiger partial charge in [0.1, 0.15) is 6.10 Å². The molecule has 1 heterocycles. The van der Waals surface area contributed by atoms with Gasteiger partial charge in [0, 0.05) is 5.56 Å². The summed E-state index contributed by atoms with van der Waals surface area (Å²) in [7, 11) is 0. The van der Waals surface area contributed by atoms with Crippen LogP contribution in [0.4, 0.5) is 0 Å². The van der Waals surface area contributed by atoms with E-state index in [1.54, 1.807) is 18.2 Å². The minimum absolute atomic E-state index is 0.0626. The van der Waals surface area contributed by atoms with Gasteiger partial charge in [0.05, 0.1) is 10.0 Å². The minimum atomic E-state index is -0.417. The molecule has 2 aromatic carbocycles. The zero-order valence-corrected chi connectivity index (χ0v) is 11.4. The molecule has 1 saturated heterocycles. The Hall–Kier alpha value is -1.35. The van der Waals surface area contributed by atoms with Crippen LogP contribution in [0.2, 0.25) is 10.0 Å². The molecular weight excluding hydrogens is 283 g/mol. The van der Waals surface area contributed by atoms with E-state index in [9.17, 15) is 4.79 Å². The van der Waals surface area contributed by atoms with Gasteiger partial charge in [-0.05, 0) is 23.8 Å². The topological polar surface area (TPSA) is 29.6 Å². The van der Waals surface area contributed by atoms with Gasteiger partial charge in [0.25, 0.3) is 0 Å². The van der Waals surface area contributed by atoms with Crippen LogP contribution in [0.5, 0.6) is 0 Å². The molecule has 2 aromatic rings. The van der Waals surface area contributed by atoms with Gasteiger partial charge < -0.3 is 4.74 Å². The first-order valence-corrected chi connectivity index (χ1v) is 6.62. The maximum absolute atomic E-state index is 12.2. The number of rotatable bonds is 3. The lowest BCUT2D eigenvalue weighted by atomic mass is 10.0. The summed E-state index contributed by atoms with van der Waals surface area (Å²) in [5, 5.41) is 0.818. The molecule has 0 aromatic heterocycles. The average molecular weight is 293 g/mol. The fourth-order valence-electron chi connectivity index (χ4n) is 2.02. The van der Waals surface area contributed by atoms with E-state index in [1.807, 2.05) is 30.3 Å². The van der Waals surface area contributed by atoms with Gasteiger partial charge >= 0.3 is 0 Å². The van der Waals surface area contributed by atoms with E-state index in [-0.39, 0.29) is 11.9 Å². The maximum atomic E-state index is 12.2. The van der Waals surface area contributed by atoms with Crippen molar-refractivity contribution >= 4 is 29.0 Å². The Kier molecular flexibility index (Phi) is 3.31. The number of carbonyl (C=O) groups excluding carboxylic acids is 1. The molecule has 2 atom stereocenters. The summed E-state index contributed by atoms with van der Waals surface area (Å²) >= 11 is 11.7. The number of halogens is 2. The summed E-state index contributed by atoms with van der Waals surface area (Å²) in [5.74, 6) is -0.0626. The Morgan fingerprint density at radius 3 is 2.42 bits per heavy atom. The minimum Gasteiger partial charge on any atom is -0.356 e. The van der Waals surface area contributed by atoms with E-state index >= 15 is 0 Å². The molecule has 3 rings (SSSR count). The van der Waals surface area contributed by atoms with Crippen molar-refractivity contribution < 1.29 is 9.53 Å². The molecule has 1 aliphatic heterocycles. The number of Topliss-reactive ketones (excluding diaryl/α,β-unsaturated/α-hetero) is 1. The molecule has 0 amide bonds. The molecule has 0 aliphatic carbocycles. The quantitative estimate of drug-likeness (QED) is 0.623. The fourth-order valence-corrected chi connectivity index (χ4v) is 2.32. The molecule has 96 valence electrons. The van der Waals surface area contributed by atoms with Crippen LogP contribution < -0.4 is 0 Å². The second-order valence-corrected chi connectivity index (χ2v) is 5.20. The molecule has 1 fully saturated rings. The van der Waals surface area contributed by atoms with E-state index in [1.165, 1.54) is 0 Å². The molecule has 0 radical (unpaired) electrons. The predicted molar refractivity (Wildman–Crippen MR) is 74.8 cm³/mol. The molecule has 4 heteroatoms. The van der Waals surface area contributed by atoms with Gasteiger partial charge in [-0.3, -0.25) is 4.79 Å². The molecule has 2 nitrogen and oxygen atoms in total. The Morgan fingerprint density at radius 1 is 1.00 bits per heavy atom. The highest BCUT2D eigenvalue weighted by molar-refractivity contribution is 6.42. The van der Waals surface area contributed by atoms with E-state index in [2.05, 4.69) is 0 Å². The van der Waals surface area contributed by atoms with Crippen molar-refractivity contribution in [1.29, 1.82) is 0 Å².